The Morgan fingerprint density at radius 3 is 2.44 bits per heavy atom. The van der Waals surface area contributed by atoms with Gasteiger partial charge in [0.15, 0.2) is 0 Å². The van der Waals surface area contributed by atoms with Crippen molar-refractivity contribution in [3.8, 4) is 0 Å². The highest BCUT2D eigenvalue weighted by Gasteiger charge is 2.40. The Hall–Kier alpha value is -3.68. The summed E-state index contributed by atoms with van der Waals surface area (Å²) in [5.41, 5.74) is 7.71. The summed E-state index contributed by atoms with van der Waals surface area (Å²) in [7, 11) is 0. The molecule has 0 saturated carbocycles. The lowest BCUT2D eigenvalue weighted by Crippen LogP contribution is -2.53. The van der Waals surface area contributed by atoms with Crippen LogP contribution in [0.5, 0.6) is 0 Å². The van der Waals surface area contributed by atoms with Crippen LogP contribution in [0, 0.1) is 5.92 Å². The number of para-hydroxylation sites is 1. The van der Waals surface area contributed by atoms with Crippen molar-refractivity contribution in [3.05, 3.63) is 65.7 Å². The van der Waals surface area contributed by atoms with Gasteiger partial charge in [0.05, 0.1) is 0 Å². The lowest BCUT2D eigenvalue weighted by atomic mass is 10.0. The average Bonchev–Trinajstić information content (AvgIpc) is 3.28. The Bertz CT molecular complexity index is 1070. The smallest absolute Gasteiger partial charge is 0.328 e. The van der Waals surface area contributed by atoms with E-state index in [-0.39, 0.29) is 31.3 Å². The molecule has 0 fully saturated rings. The molecular formula is C28H35N3O5. The number of amides is 3. The molecule has 0 bridgehead atoms. The number of hydrogen-bond acceptors (Lipinski definition) is 5. The third-order valence-corrected chi connectivity index (χ3v) is 6.43. The number of unbranched alkanes of at least 4 members (excludes halogenated alkanes) is 1. The fourth-order valence-corrected chi connectivity index (χ4v) is 4.37. The fraction of sp³-hybridized carbons (Fsp3) is 0.429. The third kappa shape index (κ3) is 6.93. The summed E-state index contributed by atoms with van der Waals surface area (Å²) in [6, 6.07) is 14.8. The molecule has 0 unspecified atom stereocenters. The van der Waals surface area contributed by atoms with E-state index < -0.39 is 29.9 Å². The molecule has 0 saturated heterocycles. The van der Waals surface area contributed by atoms with E-state index in [4.69, 9.17) is 10.5 Å². The first kappa shape index (κ1) is 26.9. The van der Waals surface area contributed by atoms with Crippen LogP contribution in [0.4, 0.5) is 5.69 Å². The summed E-state index contributed by atoms with van der Waals surface area (Å²) in [5.74, 6) is -2.06. The van der Waals surface area contributed by atoms with Crippen LogP contribution in [0.3, 0.4) is 0 Å². The van der Waals surface area contributed by atoms with E-state index in [1.54, 1.807) is 4.90 Å². The molecule has 0 radical (unpaired) electrons. The van der Waals surface area contributed by atoms with Crippen molar-refractivity contribution >= 4 is 29.4 Å². The van der Waals surface area contributed by atoms with Crippen LogP contribution in [0.1, 0.15) is 57.1 Å². The highest BCUT2D eigenvalue weighted by Crippen LogP contribution is 2.34. The molecule has 1 heterocycles. The van der Waals surface area contributed by atoms with Gasteiger partial charge in [0, 0.05) is 24.4 Å². The third-order valence-electron chi connectivity index (χ3n) is 6.43. The zero-order valence-corrected chi connectivity index (χ0v) is 20.9. The zero-order chi connectivity index (χ0) is 26.1. The normalized spacial score (nSPS) is 16.1. The van der Waals surface area contributed by atoms with Gasteiger partial charge in [-0.15, -0.1) is 0 Å². The molecule has 3 amide bonds. The molecule has 1 aliphatic rings. The van der Waals surface area contributed by atoms with Gasteiger partial charge in [-0.05, 0) is 30.0 Å². The number of nitrogens with two attached hydrogens (primary N) is 1. The molecule has 3 atom stereocenters. The second-order valence-electron chi connectivity index (χ2n) is 9.26. The first-order valence-electron chi connectivity index (χ1n) is 12.5. The van der Waals surface area contributed by atoms with Crippen molar-refractivity contribution in [1.29, 1.82) is 0 Å². The summed E-state index contributed by atoms with van der Waals surface area (Å²) in [6.07, 6.45) is 2.89. The van der Waals surface area contributed by atoms with E-state index in [1.807, 2.05) is 61.5 Å². The van der Waals surface area contributed by atoms with Crippen LogP contribution in [-0.4, -0.2) is 35.8 Å². The van der Waals surface area contributed by atoms with E-state index in [0.717, 1.165) is 30.4 Å². The maximum absolute atomic E-state index is 13.5. The molecule has 3 rings (SSSR count). The Morgan fingerprint density at radius 1 is 1.06 bits per heavy atom. The van der Waals surface area contributed by atoms with Crippen molar-refractivity contribution in [3.63, 3.8) is 0 Å². The predicted molar refractivity (Wildman–Crippen MR) is 137 cm³/mol. The molecule has 0 aliphatic carbocycles. The summed E-state index contributed by atoms with van der Waals surface area (Å²) >= 11 is 0. The molecular weight excluding hydrogens is 458 g/mol. The molecule has 36 heavy (non-hydrogen) atoms. The number of carbonyl (C=O) groups excluding carboxylic acids is 4. The summed E-state index contributed by atoms with van der Waals surface area (Å²) in [6.45, 7) is 3.99. The zero-order valence-electron chi connectivity index (χ0n) is 20.9. The summed E-state index contributed by atoms with van der Waals surface area (Å²) in [4.78, 5) is 52.7. The number of esters is 1. The molecule has 192 valence electrons. The van der Waals surface area contributed by atoms with Gasteiger partial charge in [0.2, 0.25) is 17.7 Å². The number of primary amides is 1. The second kappa shape index (κ2) is 12.9. The Balaban J connectivity index is 1.76. The Kier molecular flexibility index (Phi) is 9.61. The number of anilines is 1. The van der Waals surface area contributed by atoms with Gasteiger partial charge >= 0.3 is 5.97 Å². The molecule has 8 nitrogen and oxygen atoms in total. The van der Waals surface area contributed by atoms with Crippen LogP contribution < -0.4 is 16.0 Å². The molecule has 0 aromatic heterocycles. The van der Waals surface area contributed by atoms with Gasteiger partial charge in [0.1, 0.15) is 18.7 Å². The van der Waals surface area contributed by atoms with E-state index >= 15 is 0 Å². The van der Waals surface area contributed by atoms with Crippen LogP contribution in [-0.2, 0) is 36.9 Å². The molecule has 3 N–H and O–H groups in total. The van der Waals surface area contributed by atoms with Gasteiger partial charge in [0.25, 0.3) is 0 Å². The monoisotopic (exact) mass is 493 g/mol. The van der Waals surface area contributed by atoms with Crippen molar-refractivity contribution in [1.82, 2.24) is 5.32 Å². The highest BCUT2D eigenvalue weighted by atomic mass is 16.5. The number of fused-ring (bicyclic) bond motifs is 1. The predicted octanol–water partition coefficient (Wildman–Crippen LogP) is 3.26. The number of carbonyl (C=O) groups is 4. The van der Waals surface area contributed by atoms with Gasteiger partial charge in [-0.25, -0.2) is 4.79 Å². The maximum Gasteiger partial charge on any atom is 0.328 e. The molecule has 8 heteroatoms. The van der Waals surface area contributed by atoms with Gasteiger partial charge in [-0.2, -0.15) is 0 Å². The lowest BCUT2D eigenvalue weighted by molar-refractivity contribution is -0.149. The van der Waals surface area contributed by atoms with E-state index in [9.17, 15) is 19.2 Å². The number of nitrogens with zero attached hydrogens (tertiary/aromatic N) is 1. The minimum Gasteiger partial charge on any atom is -0.459 e. The topological polar surface area (TPSA) is 119 Å². The maximum atomic E-state index is 13.5. The van der Waals surface area contributed by atoms with Crippen LogP contribution in [0.2, 0.25) is 0 Å². The number of benzene rings is 2. The Labute approximate surface area is 212 Å². The molecule has 2 aromatic carbocycles. The standard InChI is InChI=1S/C28H35N3O5/c1-3-4-10-19(2)27(34)31-23-14-9-8-13-21(23)17-24(31)26(33)30-22(15-16-25(29)32)28(35)36-18-20-11-6-5-7-12-20/h5-9,11-14,19,22,24H,3-4,10,15-18H2,1-2H3,(H2,29,32)(H,30,33)/t19-,22-,24-/m0/s1. The molecule has 2 aromatic rings. The number of nitrogens with one attached hydrogen (secondary N) is 1. The fourth-order valence-electron chi connectivity index (χ4n) is 4.37. The lowest BCUT2D eigenvalue weighted by Gasteiger charge is -2.29. The van der Waals surface area contributed by atoms with E-state index in [1.165, 1.54) is 0 Å². The summed E-state index contributed by atoms with van der Waals surface area (Å²) in [5, 5.41) is 2.74. The van der Waals surface area contributed by atoms with Crippen LogP contribution in [0.15, 0.2) is 54.6 Å². The van der Waals surface area contributed by atoms with Gasteiger partial charge < -0.3 is 15.8 Å². The number of rotatable bonds is 12. The minimum absolute atomic E-state index is 0.00914. The number of hydrogen-bond donors (Lipinski definition) is 2. The van der Waals surface area contributed by atoms with E-state index in [2.05, 4.69) is 12.2 Å². The number of ether oxygens (including phenoxy) is 1. The van der Waals surface area contributed by atoms with Crippen molar-refractivity contribution in [2.45, 2.75) is 71.1 Å². The van der Waals surface area contributed by atoms with Gasteiger partial charge in [-0.1, -0.05) is 75.2 Å². The average molecular weight is 494 g/mol. The quantitative estimate of drug-likeness (QED) is 0.440. The second-order valence-corrected chi connectivity index (χ2v) is 9.26. The van der Waals surface area contributed by atoms with E-state index in [0.29, 0.717) is 12.1 Å². The molecule has 0 spiro atoms. The first-order chi connectivity index (χ1) is 17.3. The SMILES string of the molecule is CCCC[C@H](C)C(=O)N1c2ccccc2C[C@H]1C(=O)N[C@@H](CCC(N)=O)C(=O)OCc1ccccc1. The van der Waals surface area contributed by atoms with Crippen molar-refractivity contribution < 1.29 is 23.9 Å². The van der Waals surface area contributed by atoms with Gasteiger partial charge in [-0.3, -0.25) is 19.3 Å². The minimum atomic E-state index is -1.06. The largest absolute Gasteiger partial charge is 0.459 e. The summed E-state index contributed by atoms with van der Waals surface area (Å²) < 4.78 is 5.42. The van der Waals surface area contributed by atoms with Crippen LogP contribution >= 0.6 is 0 Å². The van der Waals surface area contributed by atoms with Crippen molar-refractivity contribution in [2.24, 2.45) is 11.7 Å². The van der Waals surface area contributed by atoms with Crippen molar-refractivity contribution in [2.75, 3.05) is 4.90 Å². The molecule has 1 aliphatic heterocycles. The first-order valence-corrected chi connectivity index (χ1v) is 12.5. The van der Waals surface area contributed by atoms with Crippen LogP contribution in [0.25, 0.3) is 0 Å². The highest BCUT2D eigenvalue weighted by molar-refractivity contribution is 6.04. The Morgan fingerprint density at radius 2 is 1.75 bits per heavy atom.